The molecule has 43 heavy (non-hydrogen) atoms. The molecule has 0 N–H and O–H groups in total. The minimum atomic E-state index is -4.81. The number of hydrogen-bond donors (Lipinski definition) is 0. The maximum absolute atomic E-state index is 14.1. The van der Waals surface area contributed by atoms with E-state index in [1.807, 2.05) is 11.0 Å². The molecule has 1 atom stereocenters. The SMILES string of the molecule is COc1ccc(Cn2nc3c(c(C(F)(F)F)c2=O)CCC3CN(C)CC(=O)N2CCN(c3ccc(C#N)cn3)CC2)cc1. The van der Waals surface area contributed by atoms with E-state index in [0.29, 0.717) is 56.0 Å². The predicted octanol–water partition coefficient (Wildman–Crippen LogP) is 2.90. The first kappa shape index (κ1) is 30.0. The van der Waals surface area contributed by atoms with Gasteiger partial charge in [0.15, 0.2) is 0 Å². The van der Waals surface area contributed by atoms with Crippen LogP contribution in [-0.4, -0.2) is 83.9 Å². The van der Waals surface area contributed by atoms with Gasteiger partial charge in [-0.25, -0.2) is 9.67 Å². The fourth-order valence-electron chi connectivity index (χ4n) is 5.74. The predicted molar refractivity (Wildman–Crippen MR) is 152 cm³/mol. The van der Waals surface area contributed by atoms with Gasteiger partial charge in [0.25, 0.3) is 5.56 Å². The summed E-state index contributed by atoms with van der Waals surface area (Å²) in [6, 6.07) is 12.3. The topological polar surface area (TPSA) is 108 Å². The van der Waals surface area contributed by atoms with Gasteiger partial charge in [-0.15, -0.1) is 0 Å². The van der Waals surface area contributed by atoms with Gasteiger partial charge in [-0.1, -0.05) is 12.1 Å². The molecule has 0 bridgehead atoms. The third-order valence-corrected chi connectivity index (χ3v) is 7.96. The number of ether oxygens (including phenoxy) is 1. The molecule has 0 radical (unpaired) electrons. The van der Waals surface area contributed by atoms with Crippen molar-refractivity contribution in [1.82, 2.24) is 24.6 Å². The molecule has 3 aromatic rings. The van der Waals surface area contributed by atoms with Crippen molar-refractivity contribution < 1.29 is 22.7 Å². The molecule has 1 aliphatic carbocycles. The molecule has 10 nitrogen and oxygen atoms in total. The van der Waals surface area contributed by atoms with E-state index < -0.39 is 17.3 Å². The molecule has 1 aromatic carbocycles. The number of methoxy groups -OCH3 is 1. The van der Waals surface area contributed by atoms with Crippen molar-refractivity contribution in [2.45, 2.75) is 31.5 Å². The van der Waals surface area contributed by atoms with Gasteiger partial charge in [0.1, 0.15) is 23.2 Å². The summed E-state index contributed by atoms with van der Waals surface area (Å²) in [4.78, 5) is 36.0. The number of rotatable bonds is 8. The lowest BCUT2D eigenvalue weighted by Gasteiger charge is -2.36. The molecule has 2 aliphatic rings. The van der Waals surface area contributed by atoms with Crippen molar-refractivity contribution in [3.8, 4) is 11.8 Å². The molecule has 226 valence electrons. The van der Waals surface area contributed by atoms with E-state index in [9.17, 15) is 22.8 Å². The Bertz CT molecular complexity index is 1560. The average molecular weight is 596 g/mol. The van der Waals surface area contributed by atoms with Gasteiger partial charge >= 0.3 is 6.18 Å². The van der Waals surface area contributed by atoms with Gasteiger partial charge in [-0.05, 0) is 55.3 Å². The lowest BCUT2D eigenvalue weighted by Crippen LogP contribution is -2.51. The Kier molecular flexibility index (Phi) is 8.68. The zero-order valence-electron chi connectivity index (χ0n) is 24.0. The molecule has 1 amide bonds. The number of pyridine rings is 1. The molecular weight excluding hydrogens is 563 g/mol. The normalized spacial score (nSPS) is 16.7. The van der Waals surface area contributed by atoms with Crippen LogP contribution in [0, 0.1) is 11.3 Å². The average Bonchev–Trinajstić information content (AvgIpc) is 3.38. The second kappa shape index (κ2) is 12.4. The highest BCUT2D eigenvalue weighted by Gasteiger charge is 2.42. The third kappa shape index (κ3) is 6.64. The number of nitrogens with zero attached hydrogens (tertiary/aromatic N) is 7. The molecule has 0 spiro atoms. The lowest BCUT2D eigenvalue weighted by atomic mass is 10.0. The molecule has 2 aromatic heterocycles. The summed E-state index contributed by atoms with van der Waals surface area (Å²) >= 11 is 0. The number of hydrogen-bond acceptors (Lipinski definition) is 8. The van der Waals surface area contributed by atoms with Crippen LogP contribution in [0.5, 0.6) is 5.75 Å². The minimum Gasteiger partial charge on any atom is -0.497 e. The molecule has 1 fully saturated rings. The highest BCUT2D eigenvalue weighted by molar-refractivity contribution is 5.78. The molecule has 0 saturated carbocycles. The van der Waals surface area contributed by atoms with Crippen LogP contribution in [0.1, 0.15) is 40.3 Å². The van der Waals surface area contributed by atoms with E-state index in [1.54, 1.807) is 48.3 Å². The van der Waals surface area contributed by atoms with Crippen LogP contribution in [0.3, 0.4) is 0 Å². The van der Waals surface area contributed by atoms with Gasteiger partial charge in [-0.3, -0.25) is 14.5 Å². The van der Waals surface area contributed by atoms with E-state index >= 15 is 0 Å². The van der Waals surface area contributed by atoms with E-state index in [2.05, 4.69) is 15.0 Å². The van der Waals surface area contributed by atoms with Crippen molar-refractivity contribution in [3.63, 3.8) is 0 Å². The van der Waals surface area contributed by atoms with Crippen LogP contribution in [0.25, 0.3) is 0 Å². The smallest absolute Gasteiger partial charge is 0.422 e. The lowest BCUT2D eigenvalue weighted by molar-refractivity contribution is -0.139. The van der Waals surface area contributed by atoms with E-state index in [4.69, 9.17) is 10.00 Å². The van der Waals surface area contributed by atoms with E-state index in [1.165, 1.54) is 13.3 Å². The Labute approximate surface area is 246 Å². The van der Waals surface area contributed by atoms with Gasteiger partial charge in [0.05, 0.1) is 31.5 Å². The number of carbonyl (C=O) groups is 1. The number of piperazine rings is 1. The third-order valence-electron chi connectivity index (χ3n) is 7.96. The Morgan fingerprint density at radius 2 is 1.86 bits per heavy atom. The first-order valence-electron chi connectivity index (χ1n) is 14.0. The molecule has 1 aliphatic heterocycles. The summed E-state index contributed by atoms with van der Waals surface area (Å²) in [5.74, 6) is 0.925. The number of fused-ring (bicyclic) bond motifs is 1. The van der Waals surface area contributed by atoms with Crippen LogP contribution in [0.15, 0.2) is 47.4 Å². The van der Waals surface area contributed by atoms with Crippen molar-refractivity contribution in [3.05, 3.63) is 80.9 Å². The highest BCUT2D eigenvalue weighted by atomic mass is 19.4. The largest absolute Gasteiger partial charge is 0.497 e. The molecule has 1 unspecified atom stereocenters. The van der Waals surface area contributed by atoms with Crippen LogP contribution in [0.2, 0.25) is 0 Å². The Morgan fingerprint density at radius 3 is 2.47 bits per heavy atom. The second-order valence-electron chi connectivity index (χ2n) is 10.9. The fourth-order valence-corrected chi connectivity index (χ4v) is 5.74. The van der Waals surface area contributed by atoms with Crippen molar-refractivity contribution >= 4 is 11.7 Å². The van der Waals surface area contributed by atoms with Crippen LogP contribution >= 0.6 is 0 Å². The zero-order valence-corrected chi connectivity index (χ0v) is 24.0. The number of anilines is 1. The van der Waals surface area contributed by atoms with Crippen LogP contribution in [0.4, 0.5) is 19.0 Å². The van der Waals surface area contributed by atoms with E-state index in [-0.39, 0.29) is 42.6 Å². The summed E-state index contributed by atoms with van der Waals surface area (Å²) in [7, 11) is 3.28. The monoisotopic (exact) mass is 595 g/mol. The summed E-state index contributed by atoms with van der Waals surface area (Å²) in [5, 5.41) is 13.4. The minimum absolute atomic E-state index is 0.0410. The quantitative estimate of drug-likeness (QED) is 0.392. The van der Waals surface area contributed by atoms with Crippen LogP contribution in [-0.2, 0) is 23.9 Å². The number of alkyl halides is 3. The first-order valence-corrected chi connectivity index (χ1v) is 14.0. The first-order chi connectivity index (χ1) is 20.6. The van der Waals surface area contributed by atoms with Crippen molar-refractivity contribution in [1.29, 1.82) is 5.26 Å². The number of amides is 1. The molecule has 1 saturated heterocycles. The number of likely N-dealkylation sites (N-methyl/N-ethyl adjacent to an activating group) is 1. The molecule has 3 heterocycles. The fraction of sp³-hybridized carbons (Fsp3) is 0.433. The molecular formula is C30H32F3N7O3. The van der Waals surface area contributed by atoms with Gasteiger partial charge in [0.2, 0.25) is 5.91 Å². The standard InChI is InChI=1S/C30H32F3N7O3/c1-37(19-26(41)39-13-11-38(12-14-39)25-10-5-21(15-34)16-35-25)18-22-6-9-24-27(30(31,32)33)29(42)40(36-28(22)24)17-20-3-7-23(43-2)8-4-20/h3-5,7-8,10,16,22H,6,9,11-14,17-19H2,1-2H3. The summed E-state index contributed by atoms with van der Waals surface area (Å²) in [6.45, 7) is 2.55. The Morgan fingerprint density at radius 1 is 1.14 bits per heavy atom. The maximum Gasteiger partial charge on any atom is 0.422 e. The van der Waals surface area contributed by atoms with Gasteiger partial charge < -0.3 is 14.5 Å². The summed E-state index contributed by atoms with van der Waals surface area (Å²) < 4.78 is 48.4. The van der Waals surface area contributed by atoms with Crippen LogP contribution < -0.4 is 15.2 Å². The Balaban J connectivity index is 1.25. The van der Waals surface area contributed by atoms with Crippen molar-refractivity contribution in [2.75, 3.05) is 58.3 Å². The zero-order chi connectivity index (χ0) is 30.7. The van der Waals surface area contributed by atoms with Gasteiger partial charge in [0, 0.05) is 44.8 Å². The number of aromatic nitrogens is 3. The van der Waals surface area contributed by atoms with E-state index in [0.717, 1.165) is 10.5 Å². The van der Waals surface area contributed by atoms with Gasteiger partial charge in [-0.2, -0.15) is 23.5 Å². The number of halogens is 3. The molecule has 5 rings (SSSR count). The number of nitriles is 1. The maximum atomic E-state index is 14.1. The highest BCUT2D eigenvalue weighted by Crippen LogP contribution is 2.39. The number of benzene rings is 1. The Hall–Kier alpha value is -4.44. The summed E-state index contributed by atoms with van der Waals surface area (Å²) in [5.41, 5.74) is -0.973. The second-order valence-corrected chi connectivity index (χ2v) is 10.9. The molecule has 13 heteroatoms. The van der Waals surface area contributed by atoms with Crippen molar-refractivity contribution in [2.24, 2.45) is 0 Å². The summed E-state index contributed by atoms with van der Waals surface area (Å²) in [6.07, 6.45) is -2.77. The number of carbonyl (C=O) groups excluding carboxylic acids is 1.